The van der Waals surface area contributed by atoms with E-state index in [1.807, 2.05) is 0 Å². The summed E-state index contributed by atoms with van der Waals surface area (Å²) in [6.07, 6.45) is -6.14. The van der Waals surface area contributed by atoms with Gasteiger partial charge >= 0.3 is 6.18 Å². The van der Waals surface area contributed by atoms with Gasteiger partial charge < -0.3 is 14.5 Å². The maximum atomic E-state index is 14.2. The van der Waals surface area contributed by atoms with Crippen LogP contribution in [0.2, 0.25) is 0 Å². The molecule has 1 aliphatic rings. The number of carbonyl (C=O) groups is 1. The number of carbonyl (C=O) groups excluding carboxylic acids is 1. The molecule has 1 atom stereocenters. The molecule has 0 bridgehead atoms. The van der Waals surface area contributed by atoms with E-state index in [4.69, 9.17) is 4.74 Å². The highest BCUT2D eigenvalue weighted by atomic mass is 32.2. The maximum Gasteiger partial charge on any atom is 0.425 e. The van der Waals surface area contributed by atoms with Crippen molar-refractivity contribution in [1.82, 2.24) is 9.88 Å². The molecule has 0 N–H and O–H groups in total. The van der Waals surface area contributed by atoms with E-state index < -0.39 is 62.6 Å². The average molecular weight is 525 g/mol. The Balaban J connectivity index is 1.87. The average Bonchev–Trinajstić information content (AvgIpc) is 2.78. The van der Waals surface area contributed by atoms with Crippen molar-refractivity contribution in [1.29, 1.82) is 0 Å². The molecule has 0 saturated carbocycles. The van der Waals surface area contributed by atoms with Gasteiger partial charge in [0.25, 0.3) is 5.91 Å². The summed E-state index contributed by atoms with van der Waals surface area (Å²) < 4.78 is 109. The van der Waals surface area contributed by atoms with Gasteiger partial charge in [-0.2, -0.15) is 17.6 Å². The molecular formula is C21H21F6N3O4S. The number of aryl methyl sites for hydroxylation is 1. The summed E-state index contributed by atoms with van der Waals surface area (Å²) in [7, 11) is -3.80. The van der Waals surface area contributed by atoms with Gasteiger partial charge in [0.05, 0.1) is 16.2 Å². The van der Waals surface area contributed by atoms with E-state index >= 15 is 0 Å². The smallest absolute Gasteiger partial charge is 0.425 e. The van der Waals surface area contributed by atoms with Crippen LogP contribution in [0.3, 0.4) is 0 Å². The molecule has 1 unspecified atom stereocenters. The van der Waals surface area contributed by atoms with Crippen LogP contribution in [-0.4, -0.2) is 68.9 Å². The summed E-state index contributed by atoms with van der Waals surface area (Å²) in [5, 5.41) is 0. The molecule has 1 aromatic carbocycles. The molecule has 0 radical (unpaired) electrons. The molecule has 7 nitrogen and oxygen atoms in total. The number of aromatic nitrogens is 1. The Morgan fingerprint density at radius 2 is 1.66 bits per heavy atom. The number of alkyl halides is 3. The van der Waals surface area contributed by atoms with E-state index in [2.05, 4.69) is 4.98 Å². The zero-order valence-corrected chi connectivity index (χ0v) is 19.6. The molecule has 35 heavy (non-hydrogen) atoms. The number of pyridine rings is 1. The molecule has 1 fully saturated rings. The standard InChI is InChI=1S/C21H21F6N3O4S/c1-11-16(22)17(23)18(24)19(28-11)29-6-8-30(9-7-29)20(31)14-10-13(35(3,32)33)4-5-15(14)34-12(2)21(25,26)27/h4-5,10,12H,6-9H2,1-3H3. The lowest BCUT2D eigenvalue weighted by molar-refractivity contribution is -0.189. The third-order valence-electron chi connectivity index (χ3n) is 5.41. The Kier molecular flexibility index (Phi) is 7.25. The van der Waals surface area contributed by atoms with Crippen molar-refractivity contribution in [3.63, 3.8) is 0 Å². The minimum atomic E-state index is -4.74. The Morgan fingerprint density at radius 1 is 1.06 bits per heavy atom. The van der Waals surface area contributed by atoms with Crippen LogP contribution in [0, 0.1) is 24.4 Å². The number of benzene rings is 1. The molecule has 1 amide bonds. The maximum absolute atomic E-state index is 14.2. The Labute approximate surface area is 197 Å². The number of ether oxygens (including phenoxy) is 1. The molecule has 192 valence electrons. The van der Waals surface area contributed by atoms with Crippen molar-refractivity contribution in [2.75, 3.05) is 37.3 Å². The first-order valence-electron chi connectivity index (χ1n) is 10.2. The predicted molar refractivity (Wildman–Crippen MR) is 113 cm³/mol. The number of anilines is 1. The van der Waals surface area contributed by atoms with Gasteiger partial charge in [-0.1, -0.05) is 0 Å². The highest BCUT2D eigenvalue weighted by Crippen LogP contribution is 2.30. The summed E-state index contributed by atoms with van der Waals surface area (Å²) >= 11 is 0. The molecule has 2 heterocycles. The van der Waals surface area contributed by atoms with E-state index in [0.717, 1.165) is 31.4 Å². The first-order chi connectivity index (χ1) is 16.1. The summed E-state index contributed by atoms with van der Waals surface area (Å²) in [5.74, 6) is -6.27. The number of piperazine rings is 1. The molecular weight excluding hydrogens is 504 g/mol. The molecule has 2 aromatic rings. The van der Waals surface area contributed by atoms with Gasteiger partial charge in [-0.05, 0) is 32.0 Å². The molecule has 0 aliphatic carbocycles. The van der Waals surface area contributed by atoms with E-state index in [1.165, 1.54) is 16.7 Å². The van der Waals surface area contributed by atoms with Crippen molar-refractivity contribution in [2.24, 2.45) is 0 Å². The summed E-state index contributed by atoms with van der Waals surface area (Å²) in [4.78, 5) is 19.1. The second-order valence-corrected chi connectivity index (χ2v) is 9.99. The fraction of sp³-hybridized carbons (Fsp3) is 0.429. The Bertz CT molecular complexity index is 1240. The number of sulfone groups is 1. The Hall–Kier alpha value is -3.03. The fourth-order valence-corrected chi connectivity index (χ4v) is 4.03. The summed E-state index contributed by atoms with van der Waals surface area (Å²) in [6.45, 7) is 1.62. The zero-order chi connectivity index (χ0) is 26.3. The van der Waals surface area contributed by atoms with Gasteiger partial charge in [0.2, 0.25) is 5.82 Å². The van der Waals surface area contributed by atoms with Crippen LogP contribution in [0.1, 0.15) is 23.0 Å². The summed E-state index contributed by atoms with van der Waals surface area (Å²) in [6, 6.07) is 2.94. The van der Waals surface area contributed by atoms with Gasteiger partial charge in [-0.3, -0.25) is 4.79 Å². The second-order valence-electron chi connectivity index (χ2n) is 7.97. The lowest BCUT2D eigenvalue weighted by atomic mass is 10.1. The van der Waals surface area contributed by atoms with Crippen molar-refractivity contribution < 1.29 is 44.3 Å². The summed E-state index contributed by atoms with van der Waals surface area (Å²) in [5.41, 5.74) is -0.749. The van der Waals surface area contributed by atoms with Crippen LogP contribution in [0.25, 0.3) is 0 Å². The van der Waals surface area contributed by atoms with Gasteiger partial charge in [0.15, 0.2) is 33.4 Å². The second kappa shape index (κ2) is 9.55. The fourth-order valence-electron chi connectivity index (χ4n) is 3.38. The van der Waals surface area contributed by atoms with Crippen molar-refractivity contribution in [3.8, 4) is 5.75 Å². The van der Waals surface area contributed by atoms with Crippen molar-refractivity contribution in [2.45, 2.75) is 31.0 Å². The molecule has 1 saturated heterocycles. The third kappa shape index (κ3) is 5.63. The van der Waals surface area contributed by atoms with Crippen LogP contribution in [0.5, 0.6) is 5.75 Å². The molecule has 1 aliphatic heterocycles. The van der Waals surface area contributed by atoms with Crippen LogP contribution < -0.4 is 9.64 Å². The molecule has 3 rings (SSSR count). The van der Waals surface area contributed by atoms with E-state index in [1.54, 1.807) is 0 Å². The van der Waals surface area contributed by atoms with Crippen LogP contribution >= 0.6 is 0 Å². The van der Waals surface area contributed by atoms with Crippen LogP contribution in [-0.2, 0) is 9.84 Å². The first kappa shape index (κ1) is 26.6. The number of hydrogen-bond donors (Lipinski definition) is 0. The lowest BCUT2D eigenvalue weighted by Crippen LogP contribution is -2.49. The number of amides is 1. The van der Waals surface area contributed by atoms with Gasteiger partial charge in [-0.25, -0.2) is 22.2 Å². The highest BCUT2D eigenvalue weighted by molar-refractivity contribution is 7.90. The molecule has 1 aromatic heterocycles. The Morgan fingerprint density at radius 3 is 2.20 bits per heavy atom. The third-order valence-corrected chi connectivity index (χ3v) is 6.52. The monoisotopic (exact) mass is 525 g/mol. The van der Waals surface area contributed by atoms with Crippen LogP contribution in [0.15, 0.2) is 23.1 Å². The number of halogens is 6. The molecule has 14 heteroatoms. The van der Waals surface area contributed by atoms with Crippen molar-refractivity contribution in [3.05, 3.63) is 46.9 Å². The van der Waals surface area contributed by atoms with Gasteiger partial charge in [0.1, 0.15) is 5.75 Å². The zero-order valence-electron chi connectivity index (χ0n) is 18.8. The largest absolute Gasteiger partial charge is 0.480 e. The minimum absolute atomic E-state index is 0.0545. The number of rotatable bonds is 5. The SMILES string of the molecule is Cc1nc(N2CCN(C(=O)c3cc(S(C)(=O)=O)ccc3OC(C)C(F)(F)F)CC2)c(F)c(F)c1F. The van der Waals surface area contributed by atoms with Gasteiger partial charge in [-0.15, -0.1) is 0 Å². The van der Waals surface area contributed by atoms with Gasteiger partial charge in [0, 0.05) is 32.4 Å². The highest BCUT2D eigenvalue weighted by Gasteiger charge is 2.39. The predicted octanol–water partition coefficient (Wildman–Crippen LogP) is 3.50. The topological polar surface area (TPSA) is 79.8 Å². The lowest BCUT2D eigenvalue weighted by Gasteiger charge is -2.36. The van der Waals surface area contributed by atoms with Crippen LogP contribution in [0.4, 0.5) is 32.2 Å². The molecule has 0 spiro atoms. The quantitative estimate of drug-likeness (QED) is 0.556. The minimum Gasteiger partial charge on any atom is -0.480 e. The van der Waals surface area contributed by atoms with E-state index in [-0.39, 0.29) is 36.8 Å². The van der Waals surface area contributed by atoms with Crippen molar-refractivity contribution >= 4 is 21.6 Å². The van der Waals surface area contributed by atoms with E-state index in [9.17, 15) is 39.6 Å². The first-order valence-corrected chi connectivity index (χ1v) is 12.1. The number of nitrogens with zero attached hydrogens (tertiary/aromatic N) is 3. The normalized spacial score (nSPS) is 15.8. The number of hydrogen-bond acceptors (Lipinski definition) is 6. The van der Waals surface area contributed by atoms with E-state index in [0.29, 0.717) is 0 Å².